The predicted molar refractivity (Wildman–Crippen MR) is 93.7 cm³/mol. The number of nitrogens with zero attached hydrogens (tertiary/aromatic N) is 4. The topological polar surface area (TPSA) is 49.3 Å². The zero-order chi connectivity index (χ0) is 16.5. The molecule has 2 aliphatic heterocycles. The molecule has 2 aliphatic rings. The van der Waals surface area contributed by atoms with Gasteiger partial charge in [-0.15, -0.1) is 0 Å². The summed E-state index contributed by atoms with van der Waals surface area (Å²) >= 11 is 0. The van der Waals surface area contributed by atoms with Crippen molar-refractivity contribution in [2.75, 3.05) is 24.5 Å². The van der Waals surface area contributed by atoms with Crippen LogP contribution < -0.4 is 4.90 Å². The summed E-state index contributed by atoms with van der Waals surface area (Å²) in [6.45, 7) is 4.46. The highest BCUT2D eigenvalue weighted by molar-refractivity contribution is 5.93. The second kappa shape index (κ2) is 6.23. The first-order chi connectivity index (χ1) is 11.7. The molecule has 0 atom stereocenters. The van der Waals surface area contributed by atoms with E-state index in [-0.39, 0.29) is 5.91 Å². The van der Waals surface area contributed by atoms with Gasteiger partial charge in [-0.3, -0.25) is 4.79 Å². The van der Waals surface area contributed by atoms with Crippen molar-refractivity contribution in [3.8, 4) is 0 Å². The second-order valence-electron chi connectivity index (χ2n) is 6.54. The van der Waals surface area contributed by atoms with Gasteiger partial charge in [0, 0.05) is 31.4 Å². The number of amides is 1. The van der Waals surface area contributed by atoms with E-state index in [4.69, 9.17) is 0 Å². The molecule has 0 spiro atoms. The molecule has 0 aliphatic carbocycles. The minimum Gasteiger partial charge on any atom is -0.337 e. The van der Waals surface area contributed by atoms with Crippen LogP contribution in [-0.4, -0.2) is 40.4 Å². The minimum absolute atomic E-state index is 0.0320. The van der Waals surface area contributed by atoms with Crippen LogP contribution in [0.4, 0.5) is 11.5 Å². The lowest BCUT2D eigenvalue weighted by molar-refractivity contribution is 0.0786. The molecule has 0 saturated carbocycles. The van der Waals surface area contributed by atoms with Crippen molar-refractivity contribution >= 4 is 17.4 Å². The summed E-state index contributed by atoms with van der Waals surface area (Å²) in [4.78, 5) is 25.8. The SMILES string of the molecule is Cc1nc(C(=O)N2CCCC2)cc(N2CCCc3ccccc32)n1. The normalized spacial score (nSPS) is 17.0. The van der Waals surface area contributed by atoms with Crippen LogP contribution in [0, 0.1) is 6.92 Å². The molecule has 0 radical (unpaired) electrons. The number of fused-ring (bicyclic) bond motifs is 1. The summed E-state index contributed by atoms with van der Waals surface area (Å²) in [5, 5.41) is 0. The quantitative estimate of drug-likeness (QED) is 0.852. The fourth-order valence-corrected chi connectivity index (χ4v) is 3.65. The number of rotatable bonds is 2. The molecule has 24 heavy (non-hydrogen) atoms. The third kappa shape index (κ3) is 2.75. The van der Waals surface area contributed by atoms with Crippen molar-refractivity contribution in [2.24, 2.45) is 0 Å². The number of anilines is 2. The molecule has 3 heterocycles. The third-order valence-electron chi connectivity index (χ3n) is 4.82. The third-order valence-corrected chi connectivity index (χ3v) is 4.82. The first kappa shape index (κ1) is 15.1. The maximum Gasteiger partial charge on any atom is 0.272 e. The van der Waals surface area contributed by atoms with Gasteiger partial charge in [0.15, 0.2) is 0 Å². The summed E-state index contributed by atoms with van der Waals surface area (Å²) in [5.74, 6) is 1.51. The smallest absolute Gasteiger partial charge is 0.272 e. The molecule has 0 N–H and O–H groups in total. The Hall–Kier alpha value is -2.43. The molecule has 1 amide bonds. The molecule has 0 bridgehead atoms. The van der Waals surface area contributed by atoms with Gasteiger partial charge in [-0.1, -0.05) is 18.2 Å². The number of carbonyl (C=O) groups is 1. The molecule has 5 heteroatoms. The highest BCUT2D eigenvalue weighted by Gasteiger charge is 2.24. The van der Waals surface area contributed by atoms with Crippen LogP contribution >= 0.6 is 0 Å². The molecule has 5 nitrogen and oxygen atoms in total. The fourth-order valence-electron chi connectivity index (χ4n) is 3.65. The van der Waals surface area contributed by atoms with Crippen molar-refractivity contribution < 1.29 is 4.79 Å². The summed E-state index contributed by atoms with van der Waals surface area (Å²) in [5.41, 5.74) is 3.05. The van der Waals surface area contributed by atoms with Crippen LogP contribution in [0.2, 0.25) is 0 Å². The largest absolute Gasteiger partial charge is 0.337 e. The van der Waals surface area contributed by atoms with Gasteiger partial charge in [0.1, 0.15) is 17.3 Å². The van der Waals surface area contributed by atoms with Gasteiger partial charge >= 0.3 is 0 Å². The van der Waals surface area contributed by atoms with Gasteiger partial charge in [0.25, 0.3) is 5.91 Å². The number of benzene rings is 1. The van der Waals surface area contributed by atoms with Gasteiger partial charge in [-0.2, -0.15) is 0 Å². The lowest BCUT2D eigenvalue weighted by atomic mass is 10.0. The van der Waals surface area contributed by atoms with Crippen molar-refractivity contribution in [3.05, 3.63) is 47.4 Å². The Kier molecular flexibility index (Phi) is 3.92. The van der Waals surface area contributed by atoms with Gasteiger partial charge in [0.2, 0.25) is 0 Å². The van der Waals surface area contributed by atoms with E-state index in [0.29, 0.717) is 11.5 Å². The van der Waals surface area contributed by atoms with Crippen molar-refractivity contribution in [3.63, 3.8) is 0 Å². The molecule has 4 rings (SSSR count). The number of para-hydroxylation sites is 1. The highest BCUT2D eigenvalue weighted by Crippen LogP contribution is 2.32. The van der Waals surface area contributed by atoms with E-state index in [1.807, 2.05) is 17.9 Å². The molecule has 1 saturated heterocycles. The first-order valence-corrected chi connectivity index (χ1v) is 8.73. The van der Waals surface area contributed by atoms with Gasteiger partial charge in [-0.05, 0) is 44.2 Å². The summed E-state index contributed by atoms with van der Waals surface area (Å²) < 4.78 is 0. The van der Waals surface area contributed by atoms with Crippen molar-refractivity contribution in [1.82, 2.24) is 14.9 Å². The van der Waals surface area contributed by atoms with E-state index in [0.717, 1.165) is 51.1 Å². The Morgan fingerprint density at radius 2 is 1.83 bits per heavy atom. The fraction of sp³-hybridized carbons (Fsp3) is 0.421. The molecule has 1 aromatic carbocycles. The Bertz CT molecular complexity index is 768. The number of hydrogen-bond acceptors (Lipinski definition) is 4. The Morgan fingerprint density at radius 1 is 1.04 bits per heavy atom. The summed E-state index contributed by atoms with van der Waals surface area (Å²) in [6, 6.07) is 10.3. The Labute approximate surface area is 142 Å². The molecular formula is C19H22N4O. The average Bonchev–Trinajstić information content (AvgIpc) is 3.14. The van der Waals surface area contributed by atoms with Gasteiger partial charge in [0.05, 0.1) is 0 Å². The van der Waals surface area contributed by atoms with E-state index in [1.54, 1.807) is 0 Å². The van der Waals surface area contributed by atoms with Gasteiger partial charge in [-0.25, -0.2) is 9.97 Å². The van der Waals surface area contributed by atoms with E-state index in [2.05, 4.69) is 39.1 Å². The molecule has 1 fully saturated rings. The van der Waals surface area contributed by atoms with Gasteiger partial charge < -0.3 is 9.80 Å². The maximum atomic E-state index is 12.7. The van der Waals surface area contributed by atoms with Crippen LogP contribution in [0.3, 0.4) is 0 Å². The molecule has 2 aromatic rings. The lowest BCUT2D eigenvalue weighted by Gasteiger charge is -2.30. The first-order valence-electron chi connectivity index (χ1n) is 8.73. The number of hydrogen-bond donors (Lipinski definition) is 0. The standard InChI is InChI=1S/C19H22N4O/c1-14-20-16(19(24)22-10-4-5-11-22)13-18(21-14)23-12-6-8-15-7-2-3-9-17(15)23/h2-3,7,9,13H,4-6,8,10-12H2,1H3. The van der Waals surface area contributed by atoms with E-state index < -0.39 is 0 Å². The minimum atomic E-state index is 0.0320. The van der Waals surface area contributed by atoms with Crippen LogP contribution in [0.5, 0.6) is 0 Å². The molecule has 0 unspecified atom stereocenters. The number of aryl methyl sites for hydroxylation is 2. The Balaban J connectivity index is 1.70. The predicted octanol–water partition coefficient (Wildman–Crippen LogP) is 3.11. The van der Waals surface area contributed by atoms with Crippen LogP contribution in [0.25, 0.3) is 0 Å². The van der Waals surface area contributed by atoms with E-state index in [9.17, 15) is 4.79 Å². The van der Waals surface area contributed by atoms with Crippen LogP contribution in [0.15, 0.2) is 30.3 Å². The average molecular weight is 322 g/mol. The number of likely N-dealkylation sites (tertiary alicyclic amines) is 1. The summed E-state index contributed by atoms with van der Waals surface area (Å²) in [6.07, 6.45) is 4.36. The highest BCUT2D eigenvalue weighted by atomic mass is 16.2. The number of carbonyl (C=O) groups excluding carboxylic acids is 1. The van der Waals surface area contributed by atoms with Crippen molar-refractivity contribution in [1.29, 1.82) is 0 Å². The maximum absolute atomic E-state index is 12.7. The Morgan fingerprint density at radius 3 is 2.67 bits per heavy atom. The second-order valence-corrected chi connectivity index (χ2v) is 6.54. The zero-order valence-corrected chi connectivity index (χ0v) is 14.0. The van der Waals surface area contributed by atoms with Crippen LogP contribution in [-0.2, 0) is 6.42 Å². The van der Waals surface area contributed by atoms with E-state index in [1.165, 1.54) is 11.3 Å². The van der Waals surface area contributed by atoms with Crippen LogP contribution in [0.1, 0.15) is 41.1 Å². The molecule has 1 aromatic heterocycles. The number of aromatic nitrogens is 2. The zero-order valence-electron chi connectivity index (χ0n) is 14.0. The molecule has 124 valence electrons. The van der Waals surface area contributed by atoms with E-state index >= 15 is 0 Å². The monoisotopic (exact) mass is 322 g/mol. The summed E-state index contributed by atoms with van der Waals surface area (Å²) in [7, 11) is 0. The molecular weight excluding hydrogens is 300 g/mol. The van der Waals surface area contributed by atoms with Crippen molar-refractivity contribution in [2.45, 2.75) is 32.6 Å². The lowest BCUT2D eigenvalue weighted by Crippen LogP contribution is -2.30.